The third-order valence-electron chi connectivity index (χ3n) is 3.67. The zero-order valence-electron chi connectivity index (χ0n) is 11.6. The Kier molecular flexibility index (Phi) is 5.43. The van der Waals surface area contributed by atoms with Crippen molar-refractivity contribution in [3.63, 3.8) is 0 Å². The van der Waals surface area contributed by atoms with Crippen molar-refractivity contribution in [3.05, 3.63) is 35.6 Å². The summed E-state index contributed by atoms with van der Waals surface area (Å²) in [5.41, 5.74) is 0.963. The molecular weight excluding hydrogens is 277 g/mol. The third-order valence-corrected chi connectivity index (χ3v) is 4.76. The zero-order chi connectivity index (χ0) is 14.5. The highest BCUT2D eigenvalue weighted by atomic mass is 32.2. The highest BCUT2D eigenvalue weighted by molar-refractivity contribution is 7.99. The topological polar surface area (TPSA) is 40.5 Å². The van der Waals surface area contributed by atoms with Crippen LogP contribution in [-0.4, -0.2) is 46.1 Å². The second-order valence-electron chi connectivity index (χ2n) is 5.25. The summed E-state index contributed by atoms with van der Waals surface area (Å²) in [5.74, 6) is 0.926. The van der Waals surface area contributed by atoms with Gasteiger partial charge in [-0.1, -0.05) is 12.1 Å². The number of benzene rings is 1. The van der Waals surface area contributed by atoms with Gasteiger partial charge in [0.05, 0.1) is 6.42 Å². The molecule has 1 aromatic carbocycles. The average Bonchev–Trinajstić information content (AvgIpc) is 2.38. The monoisotopic (exact) mass is 297 g/mol. The zero-order valence-corrected chi connectivity index (χ0v) is 12.4. The van der Waals surface area contributed by atoms with Gasteiger partial charge in [-0.2, -0.15) is 11.8 Å². The average molecular weight is 297 g/mol. The predicted molar refractivity (Wildman–Crippen MR) is 79.6 cm³/mol. The molecule has 0 radical (unpaired) electrons. The van der Waals surface area contributed by atoms with E-state index < -0.39 is 5.97 Å². The maximum Gasteiger partial charge on any atom is 0.304 e. The molecule has 1 aliphatic rings. The first-order valence-electron chi connectivity index (χ1n) is 6.86. The number of thioether (sulfide) groups is 1. The first-order chi connectivity index (χ1) is 9.56. The molecule has 0 bridgehead atoms. The molecule has 0 saturated carbocycles. The van der Waals surface area contributed by atoms with Crippen molar-refractivity contribution in [2.24, 2.45) is 0 Å². The van der Waals surface area contributed by atoms with Gasteiger partial charge in [-0.25, -0.2) is 4.39 Å². The summed E-state index contributed by atoms with van der Waals surface area (Å²) in [6.45, 7) is 2.99. The second-order valence-corrected chi connectivity index (χ2v) is 6.40. The van der Waals surface area contributed by atoms with Crippen LogP contribution in [0.4, 0.5) is 4.39 Å². The molecule has 0 aliphatic carbocycles. The fourth-order valence-electron chi connectivity index (χ4n) is 2.75. The largest absolute Gasteiger partial charge is 0.481 e. The van der Waals surface area contributed by atoms with Gasteiger partial charge in [0.2, 0.25) is 0 Å². The van der Waals surface area contributed by atoms with Crippen molar-refractivity contribution in [1.29, 1.82) is 0 Å². The summed E-state index contributed by atoms with van der Waals surface area (Å²) < 4.78 is 13.2. The van der Waals surface area contributed by atoms with Crippen LogP contribution in [0.3, 0.4) is 0 Å². The van der Waals surface area contributed by atoms with Crippen LogP contribution >= 0.6 is 11.8 Å². The van der Waals surface area contributed by atoms with Gasteiger partial charge >= 0.3 is 5.97 Å². The Balaban J connectivity index is 2.01. The molecule has 1 heterocycles. The van der Waals surface area contributed by atoms with Crippen LogP contribution in [0.15, 0.2) is 24.3 Å². The van der Waals surface area contributed by atoms with E-state index in [9.17, 15) is 9.18 Å². The molecule has 1 aromatic rings. The molecule has 2 unspecified atom stereocenters. The molecule has 20 heavy (non-hydrogen) atoms. The van der Waals surface area contributed by atoms with E-state index in [1.165, 1.54) is 6.07 Å². The molecule has 0 aromatic heterocycles. The van der Waals surface area contributed by atoms with Crippen molar-refractivity contribution in [2.75, 3.05) is 18.1 Å². The lowest BCUT2D eigenvalue weighted by atomic mass is 10.0. The van der Waals surface area contributed by atoms with Crippen LogP contribution in [0.5, 0.6) is 0 Å². The number of rotatable bonds is 5. The van der Waals surface area contributed by atoms with Gasteiger partial charge in [-0.15, -0.1) is 0 Å². The van der Waals surface area contributed by atoms with E-state index in [1.807, 2.05) is 17.8 Å². The predicted octanol–water partition coefficient (Wildman–Crippen LogP) is 2.65. The first-order valence-corrected chi connectivity index (χ1v) is 8.01. The summed E-state index contributed by atoms with van der Waals surface area (Å²) in [6.07, 6.45) is 0.930. The molecule has 0 spiro atoms. The van der Waals surface area contributed by atoms with Crippen LogP contribution in [0.2, 0.25) is 0 Å². The molecular formula is C15H20FNO2S. The highest BCUT2D eigenvalue weighted by Gasteiger charge is 2.28. The van der Waals surface area contributed by atoms with Crippen molar-refractivity contribution in [2.45, 2.75) is 31.8 Å². The Morgan fingerprint density at radius 1 is 1.60 bits per heavy atom. The van der Waals surface area contributed by atoms with E-state index >= 15 is 0 Å². The van der Waals surface area contributed by atoms with E-state index in [-0.39, 0.29) is 24.3 Å². The van der Waals surface area contributed by atoms with E-state index in [4.69, 9.17) is 5.11 Å². The van der Waals surface area contributed by atoms with Crippen LogP contribution < -0.4 is 0 Å². The molecule has 2 atom stereocenters. The molecule has 3 nitrogen and oxygen atoms in total. The lowest BCUT2D eigenvalue weighted by Crippen LogP contribution is -2.49. The first kappa shape index (κ1) is 15.3. The summed E-state index contributed by atoms with van der Waals surface area (Å²) in [4.78, 5) is 13.2. The minimum absolute atomic E-state index is 0.0785. The summed E-state index contributed by atoms with van der Waals surface area (Å²) >= 11 is 1.81. The minimum Gasteiger partial charge on any atom is -0.481 e. The Labute approximate surface area is 123 Å². The summed E-state index contributed by atoms with van der Waals surface area (Å²) in [6, 6.07) is 6.94. The van der Waals surface area contributed by atoms with Gasteiger partial charge in [-0.05, 0) is 31.0 Å². The van der Waals surface area contributed by atoms with Crippen molar-refractivity contribution in [3.8, 4) is 0 Å². The van der Waals surface area contributed by atoms with Crippen molar-refractivity contribution < 1.29 is 14.3 Å². The quantitative estimate of drug-likeness (QED) is 0.907. The van der Waals surface area contributed by atoms with Crippen molar-refractivity contribution in [1.82, 2.24) is 4.90 Å². The molecule has 5 heteroatoms. The minimum atomic E-state index is -0.750. The molecule has 1 fully saturated rings. The maximum atomic E-state index is 13.2. The van der Waals surface area contributed by atoms with E-state index in [2.05, 4.69) is 11.8 Å². The Morgan fingerprint density at radius 2 is 2.40 bits per heavy atom. The number of hydrogen-bond acceptors (Lipinski definition) is 3. The Morgan fingerprint density at radius 3 is 3.10 bits per heavy atom. The molecule has 2 rings (SSSR count). The van der Waals surface area contributed by atoms with Gasteiger partial charge in [0.15, 0.2) is 0 Å². The number of hydrogen-bond donors (Lipinski definition) is 1. The maximum absolute atomic E-state index is 13.2. The third kappa shape index (κ3) is 4.21. The lowest BCUT2D eigenvalue weighted by Gasteiger charge is -2.39. The molecule has 1 saturated heterocycles. The smallest absolute Gasteiger partial charge is 0.304 e. The number of nitrogens with zero attached hydrogens (tertiary/aromatic N) is 1. The van der Waals surface area contributed by atoms with Crippen LogP contribution in [0, 0.1) is 5.82 Å². The fourth-order valence-corrected chi connectivity index (χ4v) is 3.84. The van der Waals surface area contributed by atoms with Gasteiger partial charge in [0.25, 0.3) is 0 Å². The van der Waals surface area contributed by atoms with Gasteiger partial charge < -0.3 is 5.11 Å². The van der Waals surface area contributed by atoms with Crippen molar-refractivity contribution >= 4 is 17.7 Å². The van der Waals surface area contributed by atoms with E-state index in [0.717, 1.165) is 30.0 Å². The van der Waals surface area contributed by atoms with Gasteiger partial charge in [0, 0.05) is 30.1 Å². The van der Waals surface area contributed by atoms with Gasteiger partial charge in [-0.3, -0.25) is 9.69 Å². The summed E-state index contributed by atoms with van der Waals surface area (Å²) in [5, 5.41) is 9.01. The van der Waals surface area contributed by atoms with E-state index in [0.29, 0.717) is 0 Å². The highest BCUT2D eigenvalue weighted by Crippen LogP contribution is 2.23. The number of carboxylic acid groups (broad SMARTS) is 1. The molecule has 1 aliphatic heterocycles. The normalized spacial score (nSPS) is 21.6. The van der Waals surface area contributed by atoms with Crippen LogP contribution in [-0.2, 0) is 11.2 Å². The van der Waals surface area contributed by atoms with Crippen LogP contribution in [0.1, 0.15) is 18.9 Å². The second kappa shape index (κ2) is 7.09. The lowest BCUT2D eigenvalue weighted by molar-refractivity contribution is -0.138. The number of carbonyl (C=O) groups is 1. The molecule has 1 N–H and O–H groups in total. The fraction of sp³-hybridized carbons (Fsp3) is 0.533. The number of halogens is 1. The van der Waals surface area contributed by atoms with E-state index in [1.54, 1.807) is 12.1 Å². The number of aliphatic carboxylic acids is 1. The molecule has 0 amide bonds. The Bertz CT molecular complexity index is 469. The summed E-state index contributed by atoms with van der Waals surface area (Å²) in [7, 11) is 0. The Hall–Kier alpha value is -1.07. The standard InChI is InChI=1S/C15H20FNO2S/c1-11(7-12-3-2-4-13(16)8-12)17-5-6-20-10-14(17)9-15(18)19/h2-4,8,11,14H,5-7,9-10H2,1H3,(H,18,19). The SMILES string of the molecule is CC(Cc1cccc(F)c1)N1CCSCC1CC(=O)O. The van der Waals surface area contributed by atoms with Gasteiger partial charge in [0.1, 0.15) is 5.82 Å². The number of carboxylic acids is 1. The molecule has 110 valence electrons. The van der Waals surface area contributed by atoms with Crippen LogP contribution in [0.25, 0.3) is 0 Å².